The molecule has 0 amide bonds. The molecular formula is C23H23O3PS. The number of carboxylic acids is 1. The Morgan fingerprint density at radius 3 is 1.57 bits per heavy atom. The molecule has 1 atom stereocenters. The highest BCUT2D eigenvalue weighted by Gasteiger charge is 2.50. The fourth-order valence-corrected chi connectivity index (χ4v) is 9.63. The van der Waals surface area contributed by atoms with Gasteiger partial charge in [0.25, 0.3) is 0 Å². The molecule has 0 aliphatic carbocycles. The molecule has 0 saturated carbocycles. The van der Waals surface area contributed by atoms with Crippen LogP contribution in [0.1, 0.15) is 19.4 Å². The summed E-state index contributed by atoms with van der Waals surface area (Å²) in [5.41, 5.74) is 0.648. The minimum Gasteiger partial charge on any atom is -0.480 e. The minimum atomic E-state index is -3.28. The molecule has 3 aromatic carbocycles. The molecule has 0 aliphatic heterocycles. The Kier molecular flexibility index (Phi) is 6.12. The Morgan fingerprint density at radius 1 is 0.821 bits per heavy atom. The van der Waals surface area contributed by atoms with E-state index in [1.54, 1.807) is 12.1 Å². The second-order valence-electron chi connectivity index (χ2n) is 6.88. The molecule has 1 N–H and O–H groups in total. The molecule has 0 bridgehead atoms. The van der Waals surface area contributed by atoms with Crippen molar-refractivity contribution in [2.24, 2.45) is 5.92 Å². The van der Waals surface area contributed by atoms with E-state index in [0.717, 1.165) is 11.4 Å². The van der Waals surface area contributed by atoms with Crippen molar-refractivity contribution >= 4 is 34.3 Å². The molecule has 5 heteroatoms. The van der Waals surface area contributed by atoms with Gasteiger partial charge in [0.15, 0.2) is 6.34 Å². The Morgan fingerprint density at radius 2 is 1.21 bits per heavy atom. The highest BCUT2D eigenvalue weighted by atomic mass is 32.7. The van der Waals surface area contributed by atoms with Crippen LogP contribution in [0.2, 0.25) is 0 Å². The first-order valence-corrected chi connectivity index (χ1v) is 12.2. The molecule has 1 unspecified atom stereocenters. The van der Waals surface area contributed by atoms with Crippen LogP contribution >= 0.6 is 17.7 Å². The summed E-state index contributed by atoms with van der Waals surface area (Å²) in [6.07, 6.45) is -3.28. The zero-order chi connectivity index (χ0) is 20.2. The van der Waals surface area contributed by atoms with Crippen LogP contribution in [0.5, 0.6) is 0 Å². The fourth-order valence-electron chi connectivity index (χ4n) is 3.29. The molecule has 0 aliphatic rings. The molecule has 0 heterocycles. The van der Waals surface area contributed by atoms with Gasteiger partial charge < -0.3 is 9.67 Å². The minimum absolute atomic E-state index is 0.279. The maximum Gasteiger partial charge on any atom is 0.325 e. The fraction of sp³-hybridized carbons (Fsp3) is 0.174. The van der Waals surface area contributed by atoms with Gasteiger partial charge in [-0.3, -0.25) is 4.79 Å². The predicted octanol–water partition coefficient (Wildman–Crippen LogP) is 5.28. The second-order valence-corrected chi connectivity index (χ2v) is 11.9. The first-order chi connectivity index (χ1) is 13.4. The van der Waals surface area contributed by atoms with Gasteiger partial charge in [-0.05, 0) is 11.5 Å². The van der Waals surface area contributed by atoms with Gasteiger partial charge >= 0.3 is 5.97 Å². The van der Waals surface area contributed by atoms with Crippen LogP contribution in [0.4, 0.5) is 0 Å². The molecule has 0 fully saturated rings. The van der Waals surface area contributed by atoms with E-state index in [2.05, 4.69) is 0 Å². The van der Waals surface area contributed by atoms with Crippen molar-refractivity contribution in [1.82, 2.24) is 0 Å². The first kappa shape index (κ1) is 20.4. The van der Waals surface area contributed by atoms with Gasteiger partial charge in [0.1, 0.15) is 4.75 Å². The van der Waals surface area contributed by atoms with Gasteiger partial charge in [-0.2, -0.15) is 0 Å². The second kappa shape index (κ2) is 8.38. The predicted molar refractivity (Wildman–Crippen MR) is 118 cm³/mol. The number of hydrogen-bond acceptors (Lipinski definition) is 3. The van der Waals surface area contributed by atoms with E-state index in [0.29, 0.717) is 16.2 Å². The highest BCUT2D eigenvalue weighted by molar-refractivity contribution is 8.63. The number of rotatable bonds is 7. The normalized spacial score (nSPS) is 13.8. The van der Waals surface area contributed by atoms with E-state index in [9.17, 15) is 14.5 Å². The lowest BCUT2D eigenvalue weighted by molar-refractivity contribution is -0.141. The molecule has 28 heavy (non-hydrogen) atoms. The van der Waals surface area contributed by atoms with Crippen molar-refractivity contribution in [3.05, 3.63) is 96.6 Å². The van der Waals surface area contributed by atoms with Crippen molar-refractivity contribution in [3.8, 4) is 0 Å². The summed E-state index contributed by atoms with van der Waals surface area (Å²) < 4.78 is 13.2. The van der Waals surface area contributed by atoms with Crippen LogP contribution in [-0.4, -0.2) is 11.1 Å². The van der Waals surface area contributed by atoms with Gasteiger partial charge in [-0.1, -0.05) is 116 Å². The number of benzene rings is 3. The van der Waals surface area contributed by atoms with Gasteiger partial charge in [-0.15, -0.1) is 0 Å². The summed E-state index contributed by atoms with van der Waals surface area (Å²) >= 11 is 1.07. The van der Waals surface area contributed by atoms with Crippen LogP contribution in [-0.2, 0) is 14.1 Å². The number of aliphatic carboxylic acids is 1. The standard InChI is InChI=1S/C23H23O3PS/c1-18(2)23(22(24)25,19-12-6-3-7-13-19)28-27(26,20-14-8-4-9-15-20)21-16-10-5-11-17-21/h3-18H,1-2H3,(H,24,25). The van der Waals surface area contributed by atoms with Gasteiger partial charge in [0, 0.05) is 10.6 Å². The monoisotopic (exact) mass is 410 g/mol. The lowest BCUT2D eigenvalue weighted by Gasteiger charge is -2.36. The summed E-state index contributed by atoms with van der Waals surface area (Å²) in [4.78, 5) is 12.7. The van der Waals surface area contributed by atoms with Gasteiger partial charge in [0.05, 0.1) is 0 Å². The number of carboxylic acid groups (broad SMARTS) is 1. The zero-order valence-electron chi connectivity index (χ0n) is 15.9. The summed E-state index contributed by atoms with van der Waals surface area (Å²) in [6.45, 7) is 3.74. The molecule has 144 valence electrons. The molecule has 0 spiro atoms. The number of hydrogen-bond donors (Lipinski definition) is 1. The Labute approximate surface area is 169 Å². The summed E-state index contributed by atoms with van der Waals surface area (Å²) in [7, 11) is 0. The van der Waals surface area contributed by atoms with Crippen molar-refractivity contribution in [2.75, 3.05) is 0 Å². The van der Waals surface area contributed by atoms with Gasteiger partial charge in [-0.25, -0.2) is 0 Å². The summed E-state index contributed by atoms with van der Waals surface area (Å²) in [5.74, 6) is -1.26. The van der Waals surface area contributed by atoms with E-state index in [1.807, 2.05) is 92.7 Å². The average molecular weight is 410 g/mol. The van der Waals surface area contributed by atoms with Crippen LogP contribution in [0.15, 0.2) is 91.0 Å². The molecule has 3 rings (SSSR count). The highest BCUT2D eigenvalue weighted by Crippen LogP contribution is 2.66. The lowest BCUT2D eigenvalue weighted by atomic mass is 9.87. The van der Waals surface area contributed by atoms with E-state index < -0.39 is 17.1 Å². The topological polar surface area (TPSA) is 54.4 Å². The van der Waals surface area contributed by atoms with Crippen molar-refractivity contribution < 1.29 is 14.5 Å². The summed E-state index contributed by atoms with van der Waals surface area (Å²) in [5, 5.41) is 11.7. The van der Waals surface area contributed by atoms with Crippen LogP contribution in [0.25, 0.3) is 0 Å². The quantitative estimate of drug-likeness (QED) is 0.538. The SMILES string of the molecule is CC(C)C(SP(=O)(c1ccccc1)c1ccccc1)(C(=O)O)c1ccccc1. The van der Waals surface area contributed by atoms with Gasteiger partial charge in [0.2, 0.25) is 0 Å². The van der Waals surface area contributed by atoms with Crippen LogP contribution in [0, 0.1) is 5.92 Å². The molecule has 3 nitrogen and oxygen atoms in total. The Balaban J connectivity index is 2.26. The molecular weight excluding hydrogens is 387 g/mol. The lowest BCUT2D eigenvalue weighted by Crippen LogP contribution is -2.38. The largest absolute Gasteiger partial charge is 0.480 e. The third kappa shape index (κ3) is 3.67. The summed E-state index contributed by atoms with van der Waals surface area (Å²) in [6, 6.07) is 27.5. The third-order valence-corrected chi connectivity index (χ3v) is 11.1. The van der Waals surface area contributed by atoms with Crippen LogP contribution < -0.4 is 10.6 Å². The average Bonchev–Trinajstić information content (AvgIpc) is 2.73. The van der Waals surface area contributed by atoms with E-state index >= 15 is 0 Å². The third-order valence-electron chi connectivity index (χ3n) is 4.80. The Bertz CT molecular complexity index is 931. The Hall–Kier alpha value is -2.29. The maximum absolute atomic E-state index is 14.5. The smallest absolute Gasteiger partial charge is 0.325 e. The van der Waals surface area contributed by atoms with Crippen molar-refractivity contribution in [1.29, 1.82) is 0 Å². The van der Waals surface area contributed by atoms with E-state index in [4.69, 9.17) is 0 Å². The van der Waals surface area contributed by atoms with Crippen LogP contribution in [0.3, 0.4) is 0 Å². The maximum atomic E-state index is 14.5. The molecule has 0 radical (unpaired) electrons. The molecule has 0 aromatic heterocycles. The van der Waals surface area contributed by atoms with E-state index in [-0.39, 0.29) is 5.92 Å². The zero-order valence-corrected chi connectivity index (χ0v) is 17.6. The van der Waals surface area contributed by atoms with Crippen molar-refractivity contribution in [2.45, 2.75) is 18.6 Å². The number of carbonyl (C=O) groups is 1. The molecule has 0 saturated heterocycles. The van der Waals surface area contributed by atoms with E-state index in [1.165, 1.54) is 0 Å². The van der Waals surface area contributed by atoms with Crippen molar-refractivity contribution in [3.63, 3.8) is 0 Å². The first-order valence-electron chi connectivity index (χ1n) is 9.12. The molecule has 3 aromatic rings.